The van der Waals surface area contributed by atoms with Crippen molar-refractivity contribution in [2.45, 2.75) is 31.8 Å². The van der Waals surface area contributed by atoms with Crippen molar-refractivity contribution >= 4 is 11.6 Å². The van der Waals surface area contributed by atoms with E-state index >= 15 is 0 Å². The molecular weight excluding hydrogens is 268 g/mol. The first-order valence-corrected chi connectivity index (χ1v) is 7.59. The minimum absolute atomic E-state index is 0.494. The van der Waals surface area contributed by atoms with E-state index in [0.29, 0.717) is 6.04 Å². The van der Waals surface area contributed by atoms with Gasteiger partial charge in [0.2, 0.25) is 0 Å². The molecule has 0 radical (unpaired) electrons. The zero-order valence-electron chi connectivity index (χ0n) is 11.5. The van der Waals surface area contributed by atoms with Gasteiger partial charge in [0.1, 0.15) is 0 Å². The molecule has 20 heavy (non-hydrogen) atoms. The molecule has 0 spiro atoms. The normalized spacial score (nSPS) is 19.9. The summed E-state index contributed by atoms with van der Waals surface area (Å²) in [5, 5.41) is 0.802. The number of nitrogens with zero attached hydrogens (tertiary/aromatic N) is 2. The molecule has 2 heterocycles. The third-order valence-corrected chi connectivity index (χ3v) is 4.23. The van der Waals surface area contributed by atoms with E-state index in [0.717, 1.165) is 18.1 Å². The van der Waals surface area contributed by atoms with Crippen molar-refractivity contribution in [3.8, 4) is 0 Å². The summed E-state index contributed by atoms with van der Waals surface area (Å²) in [5.41, 5.74) is 2.66. The second-order valence-electron chi connectivity index (χ2n) is 5.39. The van der Waals surface area contributed by atoms with Crippen LogP contribution in [0.1, 0.15) is 36.4 Å². The molecule has 1 aliphatic heterocycles. The molecule has 104 valence electrons. The number of hydrogen-bond acceptors (Lipinski definition) is 2. The molecule has 1 aliphatic rings. The van der Waals surface area contributed by atoms with E-state index in [2.05, 4.69) is 28.1 Å². The lowest BCUT2D eigenvalue weighted by molar-refractivity contribution is 0.140. The number of benzene rings is 1. The van der Waals surface area contributed by atoms with Crippen LogP contribution >= 0.6 is 11.6 Å². The van der Waals surface area contributed by atoms with Crippen LogP contribution < -0.4 is 0 Å². The first-order chi connectivity index (χ1) is 9.83. The van der Waals surface area contributed by atoms with Gasteiger partial charge < -0.3 is 0 Å². The number of aromatic nitrogens is 1. The molecule has 0 N–H and O–H groups in total. The Kier molecular flexibility index (Phi) is 4.34. The molecule has 3 heteroatoms. The van der Waals surface area contributed by atoms with Gasteiger partial charge in [-0.25, -0.2) is 0 Å². The van der Waals surface area contributed by atoms with Crippen LogP contribution in [-0.4, -0.2) is 16.4 Å². The molecule has 0 bridgehead atoms. The summed E-state index contributed by atoms with van der Waals surface area (Å²) in [4.78, 5) is 6.83. The van der Waals surface area contributed by atoms with E-state index in [-0.39, 0.29) is 0 Å². The van der Waals surface area contributed by atoms with Gasteiger partial charge in [-0.2, -0.15) is 0 Å². The minimum atomic E-state index is 0.494. The van der Waals surface area contributed by atoms with Gasteiger partial charge in [-0.15, -0.1) is 0 Å². The molecule has 0 aliphatic carbocycles. The van der Waals surface area contributed by atoms with Crippen molar-refractivity contribution in [2.24, 2.45) is 0 Å². The number of hydrogen-bond donors (Lipinski definition) is 0. The Morgan fingerprint density at radius 1 is 1.15 bits per heavy atom. The van der Waals surface area contributed by atoms with Crippen molar-refractivity contribution in [3.05, 3.63) is 64.9 Å². The zero-order valence-corrected chi connectivity index (χ0v) is 12.3. The fraction of sp³-hybridized carbons (Fsp3) is 0.353. The summed E-state index contributed by atoms with van der Waals surface area (Å²) in [6, 6.07) is 12.9. The summed E-state index contributed by atoms with van der Waals surface area (Å²) in [6.07, 6.45) is 7.65. The molecule has 1 aromatic carbocycles. The Balaban J connectivity index is 1.77. The van der Waals surface area contributed by atoms with E-state index < -0.39 is 0 Å². The first-order valence-electron chi connectivity index (χ1n) is 7.21. The molecule has 0 saturated carbocycles. The van der Waals surface area contributed by atoms with Crippen LogP contribution in [0.2, 0.25) is 5.02 Å². The maximum atomic E-state index is 5.96. The summed E-state index contributed by atoms with van der Waals surface area (Å²) >= 11 is 5.96. The quantitative estimate of drug-likeness (QED) is 0.828. The fourth-order valence-corrected chi connectivity index (χ4v) is 3.08. The second-order valence-corrected chi connectivity index (χ2v) is 5.83. The van der Waals surface area contributed by atoms with Gasteiger partial charge in [0.25, 0.3) is 0 Å². The lowest BCUT2D eigenvalue weighted by atomic mass is 9.96. The van der Waals surface area contributed by atoms with Gasteiger partial charge in [0.15, 0.2) is 0 Å². The standard InChI is InChI=1S/C17H19ClN2/c18-16-8-6-14(7-9-16)13-20-11-2-1-5-17(20)15-4-3-10-19-12-15/h3-4,6-10,12,17H,1-2,5,11,13H2/t17-/m1/s1. The first kappa shape index (κ1) is 13.6. The van der Waals surface area contributed by atoms with Crippen LogP contribution in [0.4, 0.5) is 0 Å². The Hall–Kier alpha value is -1.38. The van der Waals surface area contributed by atoms with E-state index in [4.69, 9.17) is 11.6 Å². The van der Waals surface area contributed by atoms with E-state index in [9.17, 15) is 0 Å². The number of likely N-dealkylation sites (tertiary alicyclic amines) is 1. The number of rotatable bonds is 3. The molecule has 1 atom stereocenters. The van der Waals surface area contributed by atoms with Gasteiger partial charge in [-0.05, 0) is 48.7 Å². The lowest BCUT2D eigenvalue weighted by Gasteiger charge is -2.36. The van der Waals surface area contributed by atoms with Gasteiger partial charge in [0, 0.05) is 30.0 Å². The summed E-state index contributed by atoms with van der Waals surface area (Å²) in [7, 11) is 0. The Morgan fingerprint density at radius 2 is 2.00 bits per heavy atom. The number of piperidine rings is 1. The molecule has 0 unspecified atom stereocenters. The van der Waals surface area contributed by atoms with Crippen molar-refractivity contribution in [2.75, 3.05) is 6.54 Å². The van der Waals surface area contributed by atoms with Gasteiger partial charge in [-0.3, -0.25) is 9.88 Å². The zero-order chi connectivity index (χ0) is 13.8. The Labute approximate surface area is 125 Å². The molecule has 2 nitrogen and oxygen atoms in total. The van der Waals surface area contributed by atoms with Crippen molar-refractivity contribution in [1.82, 2.24) is 9.88 Å². The van der Waals surface area contributed by atoms with Gasteiger partial charge in [0.05, 0.1) is 0 Å². The number of pyridine rings is 1. The van der Waals surface area contributed by atoms with Crippen molar-refractivity contribution in [1.29, 1.82) is 0 Å². The maximum absolute atomic E-state index is 5.96. The van der Waals surface area contributed by atoms with Gasteiger partial charge in [-0.1, -0.05) is 36.2 Å². The van der Waals surface area contributed by atoms with E-state index in [1.807, 2.05) is 30.6 Å². The molecule has 0 amide bonds. The highest BCUT2D eigenvalue weighted by molar-refractivity contribution is 6.30. The Morgan fingerprint density at radius 3 is 2.75 bits per heavy atom. The van der Waals surface area contributed by atoms with Crippen molar-refractivity contribution in [3.63, 3.8) is 0 Å². The highest BCUT2D eigenvalue weighted by Crippen LogP contribution is 2.31. The monoisotopic (exact) mass is 286 g/mol. The topological polar surface area (TPSA) is 16.1 Å². The summed E-state index contributed by atoms with van der Waals surface area (Å²) < 4.78 is 0. The summed E-state index contributed by atoms with van der Waals surface area (Å²) in [5.74, 6) is 0. The third-order valence-electron chi connectivity index (χ3n) is 3.98. The van der Waals surface area contributed by atoms with Gasteiger partial charge >= 0.3 is 0 Å². The maximum Gasteiger partial charge on any atom is 0.0406 e. The molecule has 1 saturated heterocycles. The van der Waals surface area contributed by atoms with Crippen molar-refractivity contribution < 1.29 is 0 Å². The van der Waals surface area contributed by atoms with Crippen LogP contribution in [0.3, 0.4) is 0 Å². The second kappa shape index (κ2) is 6.38. The largest absolute Gasteiger partial charge is 0.292 e. The predicted octanol–water partition coefficient (Wildman–Crippen LogP) is 4.46. The average molecular weight is 287 g/mol. The lowest BCUT2D eigenvalue weighted by Crippen LogP contribution is -2.32. The summed E-state index contributed by atoms with van der Waals surface area (Å²) in [6.45, 7) is 2.14. The molecular formula is C17H19ClN2. The third kappa shape index (κ3) is 3.20. The smallest absolute Gasteiger partial charge is 0.0406 e. The van der Waals surface area contributed by atoms with Crippen LogP contribution in [-0.2, 0) is 6.54 Å². The average Bonchev–Trinajstić information content (AvgIpc) is 2.51. The van der Waals surface area contributed by atoms with E-state index in [1.54, 1.807) is 0 Å². The predicted molar refractivity (Wildman–Crippen MR) is 82.7 cm³/mol. The molecule has 1 fully saturated rings. The highest BCUT2D eigenvalue weighted by Gasteiger charge is 2.23. The Bertz CT molecular complexity index is 539. The fourth-order valence-electron chi connectivity index (χ4n) is 2.96. The van der Waals surface area contributed by atoms with E-state index in [1.165, 1.54) is 30.4 Å². The van der Waals surface area contributed by atoms with Crippen LogP contribution in [0, 0.1) is 0 Å². The molecule has 2 aromatic rings. The van der Waals surface area contributed by atoms with Crippen LogP contribution in [0.5, 0.6) is 0 Å². The van der Waals surface area contributed by atoms with Crippen LogP contribution in [0.15, 0.2) is 48.8 Å². The molecule has 1 aromatic heterocycles. The van der Waals surface area contributed by atoms with Crippen LogP contribution in [0.25, 0.3) is 0 Å². The minimum Gasteiger partial charge on any atom is -0.292 e. The highest BCUT2D eigenvalue weighted by atomic mass is 35.5. The molecule has 3 rings (SSSR count). The number of halogens is 1. The SMILES string of the molecule is Clc1ccc(CN2CCCC[C@@H]2c2cccnc2)cc1.